The van der Waals surface area contributed by atoms with Crippen molar-refractivity contribution < 1.29 is 9.84 Å². The molecule has 0 aromatic heterocycles. The first kappa shape index (κ1) is 17.0. The average Bonchev–Trinajstić information content (AvgIpc) is 3.10. The molecule has 0 heterocycles. The van der Waals surface area contributed by atoms with Crippen molar-refractivity contribution in [2.75, 3.05) is 6.61 Å². The molecule has 5 rings (SSSR count). The third-order valence-corrected chi connectivity index (χ3v) is 5.48. The maximum Gasteiger partial charge on any atom is 0.120 e. The Hall–Kier alpha value is -3.10. The van der Waals surface area contributed by atoms with Gasteiger partial charge in [0.1, 0.15) is 12.4 Å². The zero-order valence-corrected chi connectivity index (χ0v) is 15.9. The van der Waals surface area contributed by atoms with Crippen molar-refractivity contribution in [1.29, 1.82) is 0 Å². The lowest BCUT2D eigenvalue weighted by Crippen LogP contribution is -2.12. The molecule has 2 heteroatoms. The molecule has 28 heavy (non-hydrogen) atoms. The third-order valence-electron chi connectivity index (χ3n) is 5.48. The number of aliphatic hydroxyl groups excluding tert-OH is 1. The third kappa shape index (κ3) is 2.87. The summed E-state index contributed by atoms with van der Waals surface area (Å²) in [4.78, 5) is 0. The van der Waals surface area contributed by atoms with Crippen LogP contribution >= 0.6 is 0 Å². The minimum absolute atomic E-state index is 0.301. The van der Waals surface area contributed by atoms with E-state index in [1.807, 2.05) is 6.07 Å². The SMILES string of the molecule is CC(O)COc1ccc2c(-c3cccc4c3Cc3ccccc3-4)cccc2c1. The summed E-state index contributed by atoms with van der Waals surface area (Å²) in [5, 5.41) is 11.8. The monoisotopic (exact) mass is 366 g/mol. The Morgan fingerprint density at radius 1 is 0.821 bits per heavy atom. The molecule has 1 aliphatic rings. The molecule has 1 N–H and O–H groups in total. The van der Waals surface area contributed by atoms with Crippen LogP contribution < -0.4 is 4.74 Å². The van der Waals surface area contributed by atoms with Gasteiger partial charge >= 0.3 is 0 Å². The number of ether oxygens (including phenoxy) is 1. The Labute approximate surface area is 165 Å². The first-order chi connectivity index (χ1) is 13.7. The van der Waals surface area contributed by atoms with E-state index in [1.165, 1.54) is 38.8 Å². The molecule has 0 bridgehead atoms. The van der Waals surface area contributed by atoms with E-state index in [4.69, 9.17) is 4.74 Å². The van der Waals surface area contributed by atoms with E-state index in [2.05, 4.69) is 72.8 Å². The van der Waals surface area contributed by atoms with Gasteiger partial charge in [0.15, 0.2) is 0 Å². The van der Waals surface area contributed by atoms with Crippen LogP contribution in [0.5, 0.6) is 5.75 Å². The van der Waals surface area contributed by atoms with E-state index in [1.54, 1.807) is 6.92 Å². The van der Waals surface area contributed by atoms with Crippen LogP contribution in [0.1, 0.15) is 18.1 Å². The quantitative estimate of drug-likeness (QED) is 0.433. The number of hydrogen-bond acceptors (Lipinski definition) is 2. The first-order valence-electron chi connectivity index (χ1n) is 9.75. The molecule has 2 nitrogen and oxygen atoms in total. The highest BCUT2D eigenvalue weighted by atomic mass is 16.5. The maximum absolute atomic E-state index is 9.46. The van der Waals surface area contributed by atoms with Crippen LogP contribution in [-0.4, -0.2) is 17.8 Å². The highest BCUT2D eigenvalue weighted by molar-refractivity contribution is 5.99. The summed E-state index contributed by atoms with van der Waals surface area (Å²) in [7, 11) is 0. The van der Waals surface area contributed by atoms with Crippen molar-refractivity contribution in [2.24, 2.45) is 0 Å². The Balaban J connectivity index is 1.61. The Bertz CT molecular complexity index is 1170. The summed E-state index contributed by atoms with van der Waals surface area (Å²) in [6.45, 7) is 2.03. The van der Waals surface area contributed by atoms with E-state index < -0.39 is 6.10 Å². The molecule has 0 aliphatic heterocycles. The lowest BCUT2D eigenvalue weighted by Gasteiger charge is -2.13. The fourth-order valence-electron chi connectivity index (χ4n) is 4.21. The van der Waals surface area contributed by atoms with Gasteiger partial charge in [0.05, 0.1) is 6.10 Å². The molecule has 4 aromatic rings. The van der Waals surface area contributed by atoms with E-state index in [-0.39, 0.29) is 0 Å². The van der Waals surface area contributed by atoms with Gasteiger partial charge in [0, 0.05) is 0 Å². The van der Waals surface area contributed by atoms with Gasteiger partial charge in [0.25, 0.3) is 0 Å². The lowest BCUT2D eigenvalue weighted by molar-refractivity contribution is 0.123. The molecule has 0 saturated carbocycles. The maximum atomic E-state index is 9.46. The minimum Gasteiger partial charge on any atom is -0.491 e. The molecule has 0 amide bonds. The van der Waals surface area contributed by atoms with E-state index in [0.717, 1.165) is 17.6 Å². The molecule has 138 valence electrons. The van der Waals surface area contributed by atoms with Crippen LogP contribution in [0, 0.1) is 0 Å². The predicted octanol–water partition coefficient (Wildman–Crippen LogP) is 5.84. The van der Waals surface area contributed by atoms with Gasteiger partial charge in [-0.3, -0.25) is 0 Å². The highest BCUT2D eigenvalue weighted by Gasteiger charge is 2.21. The molecule has 1 aliphatic carbocycles. The second-order valence-electron chi connectivity index (χ2n) is 7.51. The van der Waals surface area contributed by atoms with Gasteiger partial charge in [0.2, 0.25) is 0 Å². The van der Waals surface area contributed by atoms with Gasteiger partial charge < -0.3 is 9.84 Å². The Morgan fingerprint density at radius 2 is 1.54 bits per heavy atom. The van der Waals surface area contributed by atoms with Gasteiger partial charge in [-0.05, 0) is 69.6 Å². The summed E-state index contributed by atoms with van der Waals surface area (Å²) in [6, 6.07) is 27.9. The topological polar surface area (TPSA) is 29.5 Å². The van der Waals surface area contributed by atoms with Crippen LogP contribution in [0.15, 0.2) is 78.9 Å². The van der Waals surface area contributed by atoms with Crippen LogP contribution in [0.4, 0.5) is 0 Å². The zero-order chi connectivity index (χ0) is 19.1. The average molecular weight is 366 g/mol. The van der Waals surface area contributed by atoms with Crippen LogP contribution in [0.2, 0.25) is 0 Å². The molecule has 1 unspecified atom stereocenters. The van der Waals surface area contributed by atoms with Crippen molar-refractivity contribution in [3.63, 3.8) is 0 Å². The van der Waals surface area contributed by atoms with Crippen LogP contribution in [0.3, 0.4) is 0 Å². The molecule has 4 aromatic carbocycles. The largest absolute Gasteiger partial charge is 0.491 e. The number of rotatable bonds is 4. The van der Waals surface area contributed by atoms with Crippen molar-refractivity contribution >= 4 is 10.8 Å². The smallest absolute Gasteiger partial charge is 0.120 e. The minimum atomic E-state index is -0.476. The molecular formula is C26H22O2. The van der Waals surface area contributed by atoms with Gasteiger partial charge in [-0.1, -0.05) is 66.7 Å². The normalized spacial score (nSPS) is 13.2. The molecule has 0 radical (unpaired) electrons. The van der Waals surface area contributed by atoms with E-state index >= 15 is 0 Å². The summed E-state index contributed by atoms with van der Waals surface area (Å²) < 4.78 is 5.69. The number of hydrogen-bond donors (Lipinski definition) is 1. The zero-order valence-electron chi connectivity index (χ0n) is 15.9. The summed E-state index contributed by atoms with van der Waals surface area (Å²) in [5.41, 5.74) is 8.07. The van der Waals surface area contributed by atoms with Gasteiger partial charge in [-0.15, -0.1) is 0 Å². The van der Waals surface area contributed by atoms with E-state index in [9.17, 15) is 5.11 Å². The summed E-state index contributed by atoms with van der Waals surface area (Å²) in [5.74, 6) is 0.788. The first-order valence-corrected chi connectivity index (χ1v) is 9.75. The van der Waals surface area contributed by atoms with Crippen molar-refractivity contribution in [1.82, 2.24) is 0 Å². The van der Waals surface area contributed by atoms with E-state index in [0.29, 0.717) is 6.61 Å². The predicted molar refractivity (Wildman–Crippen MR) is 115 cm³/mol. The highest BCUT2D eigenvalue weighted by Crippen LogP contribution is 2.43. The second kappa shape index (κ2) is 6.81. The van der Waals surface area contributed by atoms with Crippen molar-refractivity contribution in [3.8, 4) is 28.0 Å². The Kier molecular flexibility index (Phi) is 4.14. The number of benzene rings is 4. The molecule has 0 fully saturated rings. The van der Waals surface area contributed by atoms with Crippen molar-refractivity contribution in [3.05, 3.63) is 90.0 Å². The summed E-state index contributed by atoms with van der Waals surface area (Å²) >= 11 is 0. The lowest BCUT2D eigenvalue weighted by atomic mass is 9.92. The molecule has 0 spiro atoms. The number of fused-ring (bicyclic) bond motifs is 4. The number of aliphatic hydroxyl groups is 1. The van der Waals surface area contributed by atoms with Crippen molar-refractivity contribution in [2.45, 2.75) is 19.4 Å². The molecule has 1 atom stereocenters. The van der Waals surface area contributed by atoms with Crippen LogP contribution in [-0.2, 0) is 6.42 Å². The summed E-state index contributed by atoms with van der Waals surface area (Å²) in [6.07, 6.45) is 0.503. The molecule has 0 saturated heterocycles. The fourth-order valence-corrected chi connectivity index (χ4v) is 4.21. The van der Waals surface area contributed by atoms with Gasteiger partial charge in [-0.25, -0.2) is 0 Å². The second-order valence-corrected chi connectivity index (χ2v) is 7.51. The fraction of sp³-hybridized carbons (Fsp3) is 0.154. The van der Waals surface area contributed by atoms with Gasteiger partial charge in [-0.2, -0.15) is 0 Å². The van der Waals surface area contributed by atoms with Crippen LogP contribution in [0.25, 0.3) is 33.0 Å². The molecular weight excluding hydrogens is 344 g/mol. The standard InChI is InChI=1S/C26H22O2/c1-17(27)16-28-20-12-13-22-18(14-20)7-4-9-23(22)25-11-5-10-24-21-8-3-2-6-19(21)15-26(24)25/h2-14,17,27H,15-16H2,1H3. The Morgan fingerprint density at radius 3 is 2.39 bits per heavy atom.